The number of unbranched alkanes of at least 4 members (excludes halogenated alkanes) is 1. The SMILES string of the molecule is COc1ccc2c(c1)C(CCNCCCCN1C(=O)C3C4CCC(CC4)C3C1=O)CN2. The number of anilines is 1. The van der Waals surface area contributed by atoms with Gasteiger partial charge >= 0.3 is 0 Å². The molecule has 2 N–H and O–H groups in total. The molecule has 6 nitrogen and oxygen atoms in total. The van der Waals surface area contributed by atoms with Crippen molar-refractivity contribution in [3.63, 3.8) is 0 Å². The first-order valence-corrected chi connectivity index (χ1v) is 12.1. The van der Waals surface area contributed by atoms with Crippen LogP contribution in [0.3, 0.4) is 0 Å². The minimum Gasteiger partial charge on any atom is -0.497 e. The Balaban J connectivity index is 1.02. The van der Waals surface area contributed by atoms with Gasteiger partial charge in [0.15, 0.2) is 0 Å². The molecule has 6 heteroatoms. The van der Waals surface area contributed by atoms with Crippen LogP contribution < -0.4 is 15.4 Å². The van der Waals surface area contributed by atoms with Gasteiger partial charge in [0.2, 0.25) is 11.8 Å². The van der Waals surface area contributed by atoms with Crippen molar-refractivity contribution in [1.29, 1.82) is 0 Å². The number of fused-ring (bicyclic) bond motifs is 3. The van der Waals surface area contributed by atoms with Gasteiger partial charge in [0.05, 0.1) is 18.9 Å². The molecule has 168 valence electrons. The van der Waals surface area contributed by atoms with Gasteiger partial charge < -0.3 is 15.4 Å². The lowest BCUT2D eigenvalue weighted by atomic mass is 9.59. The zero-order valence-corrected chi connectivity index (χ0v) is 18.6. The van der Waals surface area contributed by atoms with E-state index in [1.807, 2.05) is 6.07 Å². The van der Waals surface area contributed by atoms with Gasteiger partial charge in [-0.05, 0) is 93.6 Å². The predicted molar refractivity (Wildman–Crippen MR) is 120 cm³/mol. The molecule has 2 bridgehead atoms. The Labute approximate surface area is 185 Å². The van der Waals surface area contributed by atoms with E-state index >= 15 is 0 Å². The highest BCUT2D eigenvalue weighted by atomic mass is 16.5. The zero-order valence-electron chi connectivity index (χ0n) is 18.6. The van der Waals surface area contributed by atoms with Crippen molar-refractivity contribution in [3.05, 3.63) is 23.8 Å². The molecule has 31 heavy (non-hydrogen) atoms. The molecule has 1 saturated heterocycles. The Bertz CT molecular complexity index is 803. The van der Waals surface area contributed by atoms with Gasteiger partial charge in [0.25, 0.3) is 0 Å². The summed E-state index contributed by atoms with van der Waals surface area (Å²) in [5.74, 6) is 2.66. The summed E-state index contributed by atoms with van der Waals surface area (Å²) in [6, 6.07) is 6.25. The third-order valence-electron chi connectivity index (χ3n) is 8.21. The lowest BCUT2D eigenvalue weighted by molar-refractivity contribution is -0.140. The average Bonchev–Trinajstić information content (AvgIpc) is 3.33. The summed E-state index contributed by atoms with van der Waals surface area (Å²) in [6.07, 6.45) is 7.57. The van der Waals surface area contributed by atoms with Crippen LogP contribution in [-0.2, 0) is 9.59 Å². The number of hydrogen-bond donors (Lipinski definition) is 2. The molecule has 2 amide bonds. The average molecular weight is 426 g/mol. The van der Waals surface area contributed by atoms with E-state index in [1.54, 1.807) is 12.0 Å². The molecule has 2 aliphatic heterocycles. The molecule has 1 aromatic carbocycles. The van der Waals surface area contributed by atoms with Crippen LogP contribution in [0.2, 0.25) is 0 Å². The van der Waals surface area contributed by atoms with E-state index in [-0.39, 0.29) is 23.7 Å². The fourth-order valence-electron chi connectivity index (χ4n) is 6.54. The summed E-state index contributed by atoms with van der Waals surface area (Å²) < 4.78 is 5.37. The van der Waals surface area contributed by atoms with Crippen LogP contribution >= 0.6 is 0 Å². The highest BCUT2D eigenvalue weighted by Gasteiger charge is 2.57. The van der Waals surface area contributed by atoms with Crippen molar-refractivity contribution in [2.45, 2.75) is 50.9 Å². The maximum Gasteiger partial charge on any atom is 0.233 e. The van der Waals surface area contributed by atoms with Gasteiger partial charge in [0.1, 0.15) is 5.75 Å². The van der Waals surface area contributed by atoms with E-state index in [2.05, 4.69) is 22.8 Å². The molecule has 3 aliphatic carbocycles. The first-order chi connectivity index (χ1) is 15.2. The Kier molecular flexibility index (Phi) is 5.91. The van der Waals surface area contributed by atoms with Gasteiger partial charge in [-0.15, -0.1) is 0 Å². The van der Waals surface area contributed by atoms with Crippen LogP contribution in [0.15, 0.2) is 18.2 Å². The van der Waals surface area contributed by atoms with Crippen molar-refractivity contribution < 1.29 is 14.3 Å². The molecule has 4 fully saturated rings. The number of imide groups is 1. The number of hydrogen-bond acceptors (Lipinski definition) is 5. The Morgan fingerprint density at radius 3 is 2.42 bits per heavy atom. The number of carbonyl (C=O) groups is 2. The van der Waals surface area contributed by atoms with E-state index in [0.717, 1.165) is 70.3 Å². The number of amides is 2. The Morgan fingerprint density at radius 1 is 1.03 bits per heavy atom. The minimum atomic E-state index is 0.0136. The minimum absolute atomic E-state index is 0.0136. The second-order valence-corrected chi connectivity index (χ2v) is 9.83. The van der Waals surface area contributed by atoms with Crippen LogP contribution in [0.25, 0.3) is 0 Å². The number of nitrogens with zero attached hydrogens (tertiary/aromatic N) is 1. The summed E-state index contributed by atoms with van der Waals surface area (Å²) in [5.41, 5.74) is 2.57. The molecule has 5 aliphatic rings. The van der Waals surface area contributed by atoms with Gasteiger partial charge in [-0.2, -0.15) is 0 Å². The van der Waals surface area contributed by atoms with Crippen LogP contribution in [0, 0.1) is 23.7 Å². The number of methoxy groups -OCH3 is 1. The smallest absolute Gasteiger partial charge is 0.233 e. The van der Waals surface area contributed by atoms with E-state index in [1.165, 1.54) is 11.3 Å². The molecule has 0 spiro atoms. The second kappa shape index (κ2) is 8.81. The summed E-state index contributed by atoms with van der Waals surface area (Å²) in [6.45, 7) is 3.48. The maximum atomic E-state index is 12.9. The molecule has 3 atom stereocenters. The highest BCUT2D eigenvalue weighted by Crippen LogP contribution is 2.52. The van der Waals surface area contributed by atoms with E-state index in [4.69, 9.17) is 4.74 Å². The molecular formula is C25H35N3O3. The number of nitrogens with one attached hydrogen (secondary N) is 2. The van der Waals surface area contributed by atoms with Crippen LogP contribution in [0.5, 0.6) is 5.75 Å². The number of likely N-dealkylation sites (tertiary alicyclic amines) is 1. The standard InChI is InChI=1S/C25H35N3O3/c1-31-19-8-9-21-20(14-19)18(15-27-21)10-12-26-11-2-3-13-28-24(29)22-16-4-5-17(7-6-16)23(22)25(28)30/h8-9,14,16-18,22-23,26-27H,2-7,10-13,15H2,1H3. The molecule has 0 radical (unpaired) electrons. The van der Waals surface area contributed by atoms with Gasteiger partial charge in [-0.25, -0.2) is 0 Å². The lowest BCUT2D eigenvalue weighted by Crippen LogP contribution is -2.41. The largest absolute Gasteiger partial charge is 0.497 e. The lowest BCUT2D eigenvalue weighted by Gasteiger charge is -2.42. The summed E-state index contributed by atoms with van der Waals surface area (Å²) in [7, 11) is 1.71. The van der Waals surface area contributed by atoms with Crippen LogP contribution in [0.4, 0.5) is 5.69 Å². The molecule has 6 rings (SSSR count). The first-order valence-electron chi connectivity index (χ1n) is 12.1. The highest BCUT2D eigenvalue weighted by molar-refractivity contribution is 6.05. The van der Waals surface area contributed by atoms with E-state index in [9.17, 15) is 9.59 Å². The summed E-state index contributed by atoms with van der Waals surface area (Å²) in [5, 5.41) is 7.03. The van der Waals surface area contributed by atoms with Gasteiger partial charge in [0, 0.05) is 24.7 Å². The second-order valence-electron chi connectivity index (χ2n) is 9.83. The van der Waals surface area contributed by atoms with Crippen molar-refractivity contribution in [3.8, 4) is 5.75 Å². The van der Waals surface area contributed by atoms with Gasteiger partial charge in [-0.3, -0.25) is 14.5 Å². The molecule has 2 heterocycles. The van der Waals surface area contributed by atoms with E-state index in [0.29, 0.717) is 24.3 Å². The third-order valence-corrected chi connectivity index (χ3v) is 8.21. The topological polar surface area (TPSA) is 70.7 Å². The van der Waals surface area contributed by atoms with Gasteiger partial charge in [-0.1, -0.05) is 0 Å². The van der Waals surface area contributed by atoms with Crippen LogP contribution in [0.1, 0.15) is 56.4 Å². The first kappa shape index (κ1) is 20.8. The van der Waals surface area contributed by atoms with E-state index < -0.39 is 0 Å². The van der Waals surface area contributed by atoms with Crippen molar-refractivity contribution in [2.75, 3.05) is 38.6 Å². The summed E-state index contributed by atoms with van der Waals surface area (Å²) >= 11 is 0. The van der Waals surface area contributed by atoms with Crippen molar-refractivity contribution in [1.82, 2.24) is 10.2 Å². The van der Waals surface area contributed by atoms with Crippen LogP contribution in [-0.4, -0.2) is 50.0 Å². The molecule has 0 aromatic heterocycles. The monoisotopic (exact) mass is 425 g/mol. The normalized spacial score (nSPS) is 31.0. The third kappa shape index (κ3) is 3.84. The number of benzene rings is 1. The molecular weight excluding hydrogens is 390 g/mol. The number of ether oxygens (including phenoxy) is 1. The molecule has 3 unspecified atom stereocenters. The Hall–Kier alpha value is -2.08. The molecule has 3 saturated carbocycles. The fourth-order valence-corrected chi connectivity index (χ4v) is 6.54. The Morgan fingerprint density at radius 2 is 1.74 bits per heavy atom. The number of rotatable bonds is 9. The number of carbonyl (C=O) groups excluding carboxylic acids is 2. The van der Waals surface area contributed by atoms with Crippen molar-refractivity contribution >= 4 is 17.5 Å². The maximum absolute atomic E-state index is 12.9. The quantitative estimate of drug-likeness (QED) is 0.469. The zero-order chi connectivity index (χ0) is 21.4. The van der Waals surface area contributed by atoms with Crippen molar-refractivity contribution in [2.24, 2.45) is 23.7 Å². The molecule has 1 aromatic rings. The summed E-state index contributed by atoms with van der Waals surface area (Å²) in [4.78, 5) is 27.4. The fraction of sp³-hybridized carbons (Fsp3) is 0.680. The predicted octanol–water partition coefficient (Wildman–Crippen LogP) is 3.39.